The third-order valence-electron chi connectivity index (χ3n) is 5.63. The fourth-order valence-corrected chi connectivity index (χ4v) is 6.07. The summed E-state index contributed by atoms with van der Waals surface area (Å²) < 4.78 is 63.7. The molecule has 1 amide bonds. The quantitative estimate of drug-likeness (QED) is 0.470. The van der Waals surface area contributed by atoms with Crippen molar-refractivity contribution >= 4 is 26.0 Å². The number of amides is 1. The number of carbonyl (C=O) groups is 1. The minimum absolute atomic E-state index is 0.0503. The highest BCUT2D eigenvalue weighted by Crippen LogP contribution is 2.26. The van der Waals surface area contributed by atoms with Crippen molar-refractivity contribution in [2.45, 2.75) is 29.1 Å². The van der Waals surface area contributed by atoms with Gasteiger partial charge in [0.15, 0.2) is 0 Å². The van der Waals surface area contributed by atoms with Gasteiger partial charge in [-0.3, -0.25) is 4.79 Å². The van der Waals surface area contributed by atoms with E-state index in [1.165, 1.54) is 68.0 Å². The molecule has 1 heterocycles. The fourth-order valence-electron chi connectivity index (χ4n) is 3.63. The van der Waals surface area contributed by atoms with Crippen LogP contribution in [0.2, 0.25) is 0 Å². The summed E-state index contributed by atoms with van der Waals surface area (Å²) in [5.74, 6) is 0.219. The molecule has 3 rings (SSSR count). The van der Waals surface area contributed by atoms with Crippen molar-refractivity contribution in [2.24, 2.45) is 0 Å². The minimum atomic E-state index is -3.70. The summed E-state index contributed by atoms with van der Waals surface area (Å²) >= 11 is 0. The Labute approximate surface area is 206 Å². The number of hydrogen-bond donors (Lipinski definition) is 1. The second kappa shape index (κ2) is 11.4. The summed E-state index contributed by atoms with van der Waals surface area (Å²) in [6.07, 6.45) is 2.64. The van der Waals surface area contributed by atoms with Crippen LogP contribution in [0.25, 0.3) is 0 Å². The lowest BCUT2D eigenvalue weighted by atomic mass is 10.2. The fraction of sp³-hybridized carbons (Fsp3) is 0.435. The number of ether oxygens (including phenoxy) is 2. The van der Waals surface area contributed by atoms with E-state index < -0.39 is 26.0 Å². The van der Waals surface area contributed by atoms with Gasteiger partial charge in [-0.1, -0.05) is 6.42 Å². The van der Waals surface area contributed by atoms with E-state index in [2.05, 4.69) is 5.32 Å². The summed E-state index contributed by atoms with van der Waals surface area (Å²) in [6.45, 7) is 1.20. The van der Waals surface area contributed by atoms with Crippen molar-refractivity contribution in [1.29, 1.82) is 0 Å². The van der Waals surface area contributed by atoms with Gasteiger partial charge in [-0.25, -0.2) is 21.1 Å². The zero-order valence-electron chi connectivity index (χ0n) is 20.1. The lowest BCUT2D eigenvalue weighted by molar-refractivity contribution is 0.0943. The van der Waals surface area contributed by atoms with E-state index in [9.17, 15) is 21.6 Å². The third-order valence-corrected chi connectivity index (χ3v) is 9.35. The molecule has 0 saturated carbocycles. The van der Waals surface area contributed by atoms with Gasteiger partial charge in [0, 0.05) is 27.2 Å². The number of sulfonamides is 2. The third kappa shape index (κ3) is 6.31. The maximum absolute atomic E-state index is 13.0. The molecule has 10 nitrogen and oxygen atoms in total. The molecule has 1 fully saturated rings. The number of hydrogen-bond acceptors (Lipinski definition) is 7. The molecule has 0 aromatic heterocycles. The van der Waals surface area contributed by atoms with Crippen molar-refractivity contribution in [1.82, 2.24) is 13.9 Å². The minimum Gasteiger partial charge on any atom is -0.496 e. The molecule has 0 unspecified atom stereocenters. The van der Waals surface area contributed by atoms with Crippen molar-refractivity contribution in [2.75, 3.05) is 47.4 Å². The van der Waals surface area contributed by atoms with Crippen LogP contribution in [0, 0.1) is 0 Å². The predicted octanol–water partition coefficient (Wildman–Crippen LogP) is 1.93. The van der Waals surface area contributed by atoms with Gasteiger partial charge in [0.2, 0.25) is 20.0 Å². The standard InChI is InChI=1S/C23H31N3O7S2/c1-25(2)34(28,29)19-9-7-18(8-10-19)33-16-13-24-23(27)21-17-20(11-12-22(21)32-3)35(30,31)26-14-5-4-6-15-26/h7-12,17H,4-6,13-16H2,1-3H3,(H,24,27). The molecule has 192 valence electrons. The first kappa shape index (κ1) is 26.9. The maximum atomic E-state index is 13.0. The number of carbonyl (C=O) groups excluding carboxylic acids is 1. The molecule has 0 spiro atoms. The first-order valence-electron chi connectivity index (χ1n) is 11.2. The van der Waals surface area contributed by atoms with Gasteiger partial charge in [-0.05, 0) is 55.3 Å². The van der Waals surface area contributed by atoms with Crippen LogP contribution in [0.3, 0.4) is 0 Å². The lowest BCUT2D eigenvalue weighted by Crippen LogP contribution is -2.35. The lowest BCUT2D eigenvalue weighted by Gasteiger charge is -2.26. The molecular weight excluding hydrogens is 494 g/mol. The second-order valence-corrected chi connectivity index (χ2v) is 12.3. The Balaban J connectivity index is 1.62. The topological polar surface area (TPSA) is 122 Å². The van der Waals surface area contributed by atoms with Crippen LogP contribution in [-0.2, 0) is 20.0 Å². The zero-order valence-corrected chi connectivity index (χ0v) is 21.7. The van der Waals surface area contributed by atoms with E-state index >= 15 is 0 Å². The molecule has 1 aliphatic heterocycles. The Morgan fingerprint density at radius 1 is 0.971 bits per heavy atom. The molecule has 0 atom stereocenters. The van der Waals surface area contributed by atoms with Crippen LogP contribution >= 0.6 is 0 Å². The summed E-state index contributed by atoms with van der Waals surface area (Å²) in [5, 5.41) is 2.70. The van der Waals surface area contributed by atoms with E-state index in [4.69, 9.17) is 9.47 Å². The monoisotopic (exact) mass is 525 g/mol. The van der Waals surface area contributed by atoms with E-state index in [1.54, 1.807) is 0 Å². The van der Waals surface area contributed by atoms with Crippen molar-refractivity contribution in [3.8, 4) is 11.5 Å². The first-order chi connectivity index (χ1) is 16.6. The number of benzene rings is 2. The average Bonchev–Trinajstić information content (AvgIpc) is 2.86. The molecule has 0 aliphatic carbocycles. The van der Waals surface area contributed by atoms with Gasteiger partial charge in [0.25, 0.3) is 5.91 Å². The molecule has 1 N–H and O–H groups in total. The molecule has 1 aliphatic rings. The SMILES string of the molecule is COc1ccc(S(=O)(=O)N2CCCCC2)cc1C(=O)NCCOc1ccc(S(=O)(=O)N(C)C)cc1. The van der Waals surface area contributed by atoms with Gasteiger partial charge >= 0.3 is 0 Å². The summed E-state index contributed by atoms with van der Waals surface area (Å²) in [4.78, 5) is 13.0. The van der Waals surface area contributed by atoms with Gasteiger partial charge < -0.3 is 14.8 Å². The van der Waals surface area contributed by atoms with Crippen molar-refractivity contribution in [3.05, 3.63) is 48.0 Å². The Morgan fingerprint density at radius 2 is 1.60 bits per heavy atom. The average molecular weight is 526 g/mol. The van der Waals surface area contributed by atoms with Crippen LogP contribution in [0.4, 0.5) is 0 Å². The van der Waals surface area contributed by atoms with Gasteiger partial charge in [0.1, 0.15) is 18.1 Å². The smallest absolute Gasteiger partial charge is 0.255 e. The molecule has 12 heteroatoms. The Hall–Kier alpha value is -2.67. The van der Waals surface area contributed by atoms with Gasteiger partial charge in [-0.2, -0.15) is 4.31 Å². The zero-order chi connectivity index (χ0) is 25.6. The largest absolute Gasteiger partial charge is 0.496 e. The number of piperidine rings is 1. The summed E-state index contributed by atoms with van der Waals surface area (Å²) in [5.41, 5.74) is 0.115. The molecule has 1 saturated heterocycles. The van der Waals surface area contributed by atoms with E-state index in [0.29, 0.717) is 18.8 Å². The highest BCUT2D eigenvalue weighted by atomic mass is 32.2. The highest BCUT2D eigenvalue weighted by Gasteiger charge is 2.27. The van der Waals surface area contributed by atoms with Crippen LogP contribution in [-0.4, -0.2) is 78.8 Å². The number of methoxy groups -OCH3 is 1. The number of nitrogens with zero attached hydrogens (tertiary/aromatic N) is 2. The van der Waals surface area contributed by atoms with Crippen LogP contribution in [0.5, 0.6) is 11.5 Å². The summed E-state index contributed by atoms with van der Waals surface area (Å²) in [7, 11) is -2.90. The Morgan fingerprint density at radius 3 is 2.20 bits per heavy atom. The van der Waals surface area contributed by atoms with Crippen LogP contribution in [0.15, 0.2) is 52.3 Å². The molecule has 2 aromatic carbocycles. The van der Waals surface area contributed by atoms with Crippen molar-refractivity contribution in [3.63, 3.8) is 0 Å². The van der Waals surface area contributed by atoms with Gasteiger partial charge in [-0.15, -0.1) is 0 Å². The highest BCUT2D eigenvalue weighted by molar-refractivity contribution is 7.89. The maximum Gasteiger partial charge on any atom is 0.255 e. The molecule has 0 bridgehead atoms. The molecular formula is C23H31N3O7S2. The number of nitrogens with one attached hydrogen (secondary N) is 1. The molecule has 35 heavy (non-hydrogen) atoms. The Kier molecular flexibility index (Phi) is 8.75. The Bertz CT molecular complexity index is 1240. The van der Waals surface area contributed by atoms with Crippen LogP contribution in [0.1, 0.15) is 29.6 Å². The van der Waals surface area contributed by atoms with Crippen molar-refractivity contribution < 1.29 is 31.1 Å². The van der Waals surface area contributed by atoms with E-state index in [0.717, 1.165) is 23.6 Å². The van der Waals surface area contributed by atoms with Gasteiger partial charge in [0.05, 0.1) is 29.0 Å². The molecule has 2 aromatic rings. The second-order valence-electron chi connectivity index (χ2n) is 8.19. The normalized spacial score (nSPS) is 15.1. The predicted molar refractivity (Wildman–Crippen MR) is 131 cm³/mol. The summed E-state index contributed by atoms with van der Waals surface area (Å²) in [6, 6.07) is 10.2. The number of rotatable bonds is 10. The van der Waals surface area contributed by atoms with Crippen LogP contribution < -0.4 is 14.8 Å². The molecule has 0 radical (unpaired) electrons. The van der Waals surface area contributed by atoms with E-state index in [-0.39, 0.29) is 34.3 Å². The van der Waals surface area contributed by atoms with E-state index in [1.807, 2.05) is 0 Å². The first-order valence-corrected chi connectivity index (χ1v) is 14.1.